The van der Waals surface area contributed by atoms with Gasteiger partial charge in [0.25, 0.3) is 0 Å². The van der Waals surface area contributed by atoms with Crippen LogP contribution in [0.4, 0.5) is 0 Å². The van der Waals surface area contributed by atoms with Crippen molar-refractivity contribution in [2.24, 2.45) is 5.73 Å². The molecule has 100 valence electrons. The second-order valence-electron chi connectivity index (χ2n) is 4.18. The molecule has 1 aromatic carbocycles. The van der Waals surface area contributed by atoms with Crippen molar-refractivity contribution in [3.63, 3.8) is 0 Å². The summed E-state index contributed by atoms with van der Waals surface area (Å²) in [6, 6.07) is 7.72. The van der Waals surface area contributed by atoms with E-state index in [-0.39, 0.29) is 4.99 Å². The van der Waals surface area contributed by atoms with Crippen LogP contribution in [-0.2, 0) is 0 Å². The molecule has 0 bridgehead atoms. The molecule has 5 nitrogen and oxygen atoms in total. The highest BCUT2D eigenvalue weighted by Gasteiger charge is 2.12. The Morgan fingerprint density at radius 1 is 1.20 bits per heavy atom. The van der Waals surface area contributed by atoms with Gasteiger partial charge in [-0.2, -0.15) is 0 Å². The number of ether oxygens (including phenoxy) is 1. The zero-order valence-electron chi connectivity index (χ0n) is 10.8. The van der Waals surface area contributed by atoms with Crippen LogP contribution in [0.5, 0.6) is 5.75 Å². The lowest BCUT2D eigenvalue weighted by Crippen LogP contribution is -2.16. The fourth-order valence-corrected chi connectivity index (χ4v) is 2.34. The Balaban J connectivity index is 2.32. The molecule has 0 fully saturated rings. The maximum absolute atomic E-state index is 5.69. The Bertz CT molecular complexity index is 797. The zero-order chi connectivity index (χ0) is 14.1. The Kier molecular flexibility index (Phi) is 3.08. The highest BCUT2D eigenvalue weighted by Crippen LogP contribution is 2.28. The van der Waals surface area contributed by atoms with Crippen LogP contribution in [0.15, 0.2) is 42.9 Å². The minimum atomic E-state index is 0.233. The number of hydrogen-bond donors (Lipinski definition) is 1. The zero-order valence-corrected chi connectivity index (χ0v) is 11.6. The summed E-state index contributed by atoms with van der Waals surface area (Å²) < 4.78 is 7.16. The largest absolute Gasteiger partial charge is 0.496 e. The molecule has 3 aromatic rings. The van der Waals surface area contributed by atoms with Gasteiger partial charge < -0.3 is 10.5 Å². The third kappa shape index (κ3) is 1.90. The lowest BCUT2D eigenvalue weighted by atomic mass is 10.1. The number of nitrogens with zero attached hydrogens (tertiary/aromatic N) is 3. The molecule has 0 unspecified atom stereocenters. The highest BCUT2D eigenvalue weighted by molar-refractivity contribution is 7.80. The van der Waals surface area contributed by atoms with Gasteiger partial charge in [-0.25, -0.2) is 9.97 Å². The van der Waals surface area contributed by atoms with Crippen LogP contribution in [0.25, 0.3) is 16.6 Å². The number of aromatic nitrogens is 3. The van der Waals surface area contributed by atoms with E-state index in [0.717, 1.165) is 22.3 Å². The number of benzene rings is 1. The van der Waals surface area contributed by atoms with Crippen molar-refractivity contribution in [1.29, 1.82) is 0 Å². The van der Waals surface area contributed by atoms with E-state index in [4.69, 9.17) is 22.7 Å². The van der Waals surface area contributed by atoms with E-state index >= 15 is 0 Å². The van der Waals surface area contributed by atoms with Crippen LogP contribution in [0.1, 0.15) is 5.82 Å². The van der Waals surface area contributed by atoms with Crippen LogP contribution in [-0.4, -0.2) is 26.6 Å². The van der Waals surface area contributed by atoms with E-state index in [2.05, 4.69) is 9.97 Å². The number of methoxy groups -OCH3 is 1. The summed E-state index contributed by atoms with van der Waals surface area (Å²) >= 11 is 5.02. The maximum Gasteiger partial charge on any atom is 0.173 e. The number of imidazole rings is 1. The summed E-state index contributed by atoms with van der Waals surface area (Å²) in [4.78, 5) is 8.82. The predicted octanol–water partition coefficient (Wildman–Crippen LogP) is 2.06. The molecule has 6 heteroatoms. The topological polar surface area (TPSA) is 66.0 Å². The van der Waals surface area contributed by atoms with Gasteiger partial charge in [-0.1, -0.05) is 24.4 Å². The summed E-state index contributed by atoms with van der Waals surface area (Å²) in [5, 5.41) is 1.92. The molecular formula is C14H12N4OS. The average Bonchev–Trinajstić information content (AvgIpc) is 2.95. The average molecular weight is 284 g/mol. The van der Waals surface area contributed by atoms with Gasteiger partial charge in [0.1, 0.15) is 16.6 Å². The Labute approximate surface area is 121 Å². The van der Waals surface area contributed by atoms with Crippen molar-refractivity contribution in [2.75, 3.05) is 7.11 Å². The van der Waals surface area contributed by atoms with Gasteiger partial charge in [0, 0.05) is 29.4 Å². The van der Waals surface area contributed by atoms with Crippen molar-refractivity contribution in [3.8, 4) is 11.6 Å². The lowest BCUT2D eigenvalue weighted by molar-refractivity contribution is 0.420. The molecule has 0 amide bonds. The highest BCUT2D eigenvalue weighted by atomic mass is 32.1. The summed E-state index contributed by atoms with van der Waals surface area (Å²) in [6.07, 6.45) is 5.16. The van der Waals surface area contributed by atoms with E-state index in [9.17, 15) is 0 Å². The second kappa shape index (κ2) is 4.90. The number of nitrogens with two attached hydrogens (primary N) is 1. The number of hydrogen-bond acceptors (Lipinski definition) is 4. The molecule has 0 saturated heterocycles. The molecule has 0 radical (unpaired) electrons. The lowest BCUT2D eigenvalue weighted by Gasteiger charge is -2.11. The first-order chi connectivity index (χ1) is 9.72. The molecule has 3 rings (SSSR count). The Morgan fingerprint density at radius 3 is 2.80 bits per heavy atom. The van der Waals surface area contributed by atoms with Gasteiger partial charge in [0.2, 0.25) is 0 Å². The molecule has 0 saturated carbocycles. The first-order valence-electron chi connectivity index (χ1n) is 5.97. The van der Waals surface area contributed by atoms with E-state index in [1.807, 2.05) is 24.3 Å². The molecule has 2 aromatic heterocycles. The number of rotatable bonds is 3. The van der Waals surface area contributed by atoms with Gasteiger partial charge in [-0.05, 0) is 12.1 Å². The molecule has 20 heavy (non-hydrogen) atoms. The number of thiocarbonyl (C=S) groups is 1. The van der Waals surface area contributed by atoms with Gasteiger partial charge in [0.05, 0.1) is 7.11 Å². The quantitative estimate of drug-likeness (QED) is 0.746. The second-order valence-corrected chi connectivity index (χ2v) is 4.61. The number of pyridine rings is 1. The third-order valence-electron chi connectivity index (χ3n) is 3.05. The summed E-state index contributed by atoms with van der Waals surface area (Å²) in [5.74, 6) is 2.03. The molecule has 0 aliphatic heterocycles. The van der Waals surface area contributed by atoms with Gasteiger partial charge in [-0.3, -0.25) is 4.57 Å². The first kappa shape index (κ1) is 12.6. The van der Waals surface area contributed by atoms with Crippen LogP contribution in [0.2, 0.25) is 0 Å². The normalized spacial score (nSPS) is 10.7. The SMILES string of the molecule is COc1cccc2c(-n3ccnc3C(N)=S)nccc12. The predicted molar refractivity (Wildman–Crippen MR) is 81.3 cm³/mol. The fourth-order valence-electron chi connectivity index (χ4n) is 2.19. The molecule has 0 spiro atoms. The van der Waals surface area contributed by atoms with Crippen molar-refractivity contribution in [3.05, 3.63) is 48.7 Å². The molecule has 0 atom stereocenters. The summed E-state index contributed by atoms with van der Waals surface area (Å²) in [7, 11) is 1.65. The van der Waals surface area contributed by atoms with Crippen LogP contribution in [0.3, 0.4) is 0 Å². The van der Waals surface area contributed by atoms with E-state index < -0.39 is 0 Å². The fraction of sp³-hybridized carbons (Fsp3) is 0.0714. The Hall–Kier alpha value is -2.47. The molecule has 0 aliphatic rings. The van der Waals surface area contributed by atoms with Gasteiger partial charge >= 0.3 is 0 Å². The van der Waals surface area contributed by atoms with Crippen molar-refractivity contribution in [2.45, 2.75) is 0 Å². The van der Waals surface area contributed by atoms with Gasteiger partial charge in [-0.15, -0.1) is 0 Å². The number of fused-ring (bicyclic) bond motifs is 1. The summed E-state index contributed by atoms with van der Waals surface area (Å²) in [5.41, 5.74) is 5.69. The van der Waals surface area contributed by atoms with Gasteiger partial charge in [0.15, 0.2) is 5.82 Å². The minimum absolute atomic E-state index is 0.233. The Morgan fingerprint density at radius 2 is 2.05 bits per heavy atom. The standard InChI is InChI=1S/C14H12N4OS/c1-19-11-4-2-3-10-9(11)5-6-16-13(10)18-8-7-17-14(18)12(15)20/h2-8H,1H3,(H2,15,20). The van der Waals surface area contributed by atoms with Crippen molar-refractivity contribution >= 4 is 28.0 Å². The molecular weight excluding hydrogens is 272 g/mol. The van der Waals surface area contributed by atoms with E-state index in [0.29, 0.717) is 5.82 Å². The first-order valence-corrected chi connectivity index (χ1v) is 6.38. The monoisotopic (exact) mass is 284 g/mol. The minimum Gasteiger partial charge on any atom is -0.496 e. The van der Waals surface area contributed by atoms with Crippen molar-refractivity contribution in [1.82, 2.24) is 14.5 Å². The molecule has 2 N–H and O–H groups in total. The molecule has 2 heterocycles. The van der Waals surface area contributed by atoms with Crippen LogP contribution in [0, 0.1) is 0 Å². The third-order valence-corrected chi connectivity index (χ3v) is 3.24. The smallest absolute Gasteiger partial charge is 0.173 e. The molecule has 0 aliphatic carbocycles. The van der Waals surface area contributed by atoms with Crippen LogP contribution < -0.4 is 10.5 Å². The maximum atomic E-state index is 5.69. The van der Waals surface area contributed by atoms with E-state index in [1.165, 1.54) is 0 Å². The van der Waals surface area contributed by atoms with E-state index in [1.54, 1.807) is 30.3 Å². The van der Waals surface area contributed by atoms with Crippen LogP contribution >= 0.6 is 12.2 Å². The van der Waals surface area contributed by atoms with Crippen molar-refractivity contribution < 1.29 is 4.74 Å². The summed E-state index contributed by atoms with van der Waals surface area (Å²) in [6.45, 7) is 0.